The number of amidine groups is 1. The van der Waals surface area contributed by atoms with Crippen LogP contribution in [0.1, 0.15) is 51.0 Å². The van der Waals surface area contributed by atoms with Crippen molar-refractivity contribution < 1.29 is 19.1 Å². The lowest BCUT2D eigenvalue weighted by atomic mass is 10.1. The molecule has 1 fully saturated rings. The Balaban J connectivity index is 1.58. The van der Waals surface area contributed by atoms with E-state index >= 15 is 0 Å². The molecule has 0 aliphatic carbocycles. The number of hydrogen-bond acceptors (Lipinski definition) is 7. The van der Waals surface area contributed by atoms with Gasteiger partial charge >= 0.3 is 12.0 Å². The number of benzene rings is 1. The number of unbranched alkanes of at least 4 members (excludes halogenated alkanes) is 5. The summed E-state index contributed by atoms with van der Waals surface area (Å²) >= 11 is 1.26. The molecule has 3 rings (SSSR count). The van der Waals surface area contributed by atoms with Crippen molar-refractivity contribution in [2.45, 2.75) is 64.3 Å². The highest BCUT2D eigenvalue weighted by molar-refractivity contribution is 8.14. The number of amides is 3. The number of urea groups is 1. The second-order valence-corrected chi connectivity index (χ2v) is 9.01. The second kappa shape index (κ2) is 11.9. The Kier molecular flexibility index (Phi) is 8.96. The topological polar surface area (TPSA) is 91.3 Å². The molecule has 0 radical (unpaired) electrons. The normalized spacial score (nSPS) is 20.1. The standard InChI is InChI=1S/C23H32N4O4S/c1-3-4-5-6-7-11-14-27-19-20(26(2)22(30)25-21(19)29)24-23(27)32-16-18(28)31-15-17-12-9-8-10-13-17/h8-10,12-13,19-20H,3-7,11,14-16H2,1-2H3,(H,25,29,30). The first-order chi connectivity index (χ1) is 15.5. The van der Waals surface area contributed by atoms with Crippen LogP contribution in [-0.2, 0) is 20.9 Å². The van der Waals surface area contributed by atoms with Crippen molar-refractivity contribution in [1.82, 2.24) is 15.1 Å². The summed E-state index contributed by atoms with van der Waals surface area (Å²) in [5.74, 6) is -0.586. The minimum absolute atomic E-state index is 0.0946. The van der Waals surface area contributed by atoms with Crippen LogP contribution in [0, 0.1) is 0 Å². The van der Waals surface area contributed by atoms with Crippen molar-refractivity contribution >= 4 is 34.8 Å². The molecule has 174 valence electrons. The van der Waals surface area contributed by atoms with Gasteiger partial charge in [-0.15, -0.1) is 0 Å². The summed E-state index contributed by atoms with van der Waals surface area (Å²) in [6.45, 7) is 3.07. The number of esters is 1. The van der Waals surface area contributed by atoms with Gasteiger partial charge in [-0.3, -0.25) is 14.9 Å². The molecule has 0 aromatic heterocycles. The Bertz CT molecular complexity index is 833. The van der Waals surface area contributed by atoms with Crippen molar-refractivity contribution in [2.24, 2.45) is 4.99 Å². The number of carbonyl (C=O) groups excluding carboxylic acids is 3. The Morgan fingerprint density at radius 2 is 1.84 bits per heavy atom. The number of carbonyl (C=O) groups is 3. The maximum absolute atomic E-state index is 12.6. The smallest absolute Gasteiger partial charge is 0.325 e. The molecule has 1 N–H and O–H groups in total. The van der Waals surface area contributed by atoms with Gasteiger partial charge in [-0.05, 0) is 12.0 Å². The highest BCUT2D eigenvalue weighted by atomic mass is 32.2. The van der Waals surface area contributed by atoms with Crippen LogP contribution in [0.15, 0.2) is 35.3 Å². The first-order valence-electron chi connectivity index (χ1n) is 11.3. The molecule has 0 spiro atoms. The first kappa shape index (κ1) is 24.1. The van der Waals surface area contributed by atoms with Gasteiger partial charge in [0.2, 0.25) is 0 Å². The molecule has 1 aromatic rings. The Morgan fingerprint density at radius 1 is 1.12 bits per heavy atom. The van der Waals surface area contributed by atoms with Crippen LogP contribution in [0.2, 0.25) is 0 Å². The van der Waals surface area contributed by atoms with Crippen LogP contribution in [-0.4, -0.2) is 64.4 Å². The molecular formula is C23H32N4O4S. The maximum Gasteiger partial charge on any atom is 0.325 e. The number of aliphatic imine (C=N–C) groups is 1. The van der Waals surface area contributed by atoms with Crippen molar-refractivity contribution in [3.05, 3.63) is 35.9 Å². The fourth-order valence-electron chi connectivity index (χ4n) is 3.82. The summed E-state index contributed by atoms with van der Waals surface area (Å²) in [4.78, 5) is 44.9. The van der Waals surface area contributed by atoms with Crippen molar-refractivity contribution in [3.63, 3.8) is 0 Å². The van der Waals surface area contributed by atoms with Gasteiger partial charge in [0.1, 0.15) is 6.61 Å². The molecular weight excluding hydrogens is 428 g/mol. The molecule has 2 aliphatic rings. The highest BCUT2D eigenvalue weighted by Crippen LogP contribution is 2.29. The van der Waals surface area contributed by atoms with E-state index in [-0.39, 0.29) is 24.2 Å². The van der Waals surface area contributed by atoms with Gasteiger partial charge < -0.3 is 14.5 Å². The fraction of sp³-hybridized carbons (Fsp3) is 0.565. The van der Waals surface area contributed by atoms with Gasteiger partial charge in [-0.1, -0.05) is 81.1 Å². The molecule has 9 heteroatoms. The maximum atomic E-state index is 12.6. The van der Waals surface area contributed by atoms with E-state index < -0.39 is 18.2 Å². The summed E-state index contributed by atoms with van der Waals surface area (Å²) in [6, 6.07) is 8.50. The zero-order valence-electron chi connectivity index (χ0n) is 18.8. The summed E-state index contributed by atoms with van der Waals surface area (Å²) in [5, 5.41) is 3.02. The predicted molar refractivity (Wildman–Crippen MR) is 125 cm³/mol. The number of fused-ring (bicyclic) bond motifs is 1. The van der Waals surface area contributed by atoms with Gasteiger partial charge in [0.05, 0.1) is 5.75 Å². The van der Waals surface area contributed by atoms with Crippen molar-refractivity contribution in [3.8, 4) is 0 Å². The average Bonchev–Trinajstić information content (AvgIpc) is 3.17. The summed E-state index contributed by atoms with van der Waals surface area (Å²) in [5.41, 5.74) is 0.927. The van der Waals surface area contributed by atoms with E-state index in [1.54, 1.807) is 7.05 Å². The van der Waals surface area contributed by atoms with Crippen molar-refractivity contribution in [2.75, 3.05) is 19.3 Å². The minimum Gasteiger partial charge on any atom is -0.460 e. The lowest BCUT2D eigenvalue weighted by Gasteiger charge is -2.36. The Labute approximate surface area is 193 Å². The summed E-state index contributed by atoms with van der Waals surface area (Å²) in [7, 11) is 1.63. The Morgan fingerprint density at radius 3 is 2.59 bits per heavy atom. The quantitative estimate of drug-likeness (QED) is 0.402. The number of hydrogen-bond donors (Lipinski definition) is 1. The van der Waals surface area contributed by atoms with Crippen LogP contribution in [0.25, 0.3) is 0 Å². The van der Waals surface area contributed by atoms with E-state index in [9.17, 15) is 14.4 Å². The number of thioether (sulfide) groups is 1. The molecule has 8 nitrogen and oxygen atoms in total. The average molecular weight is 461 g/mol. The summed E-state index contributed by atoms with van der Waals surface area (Å²) in [6.07, 6.45) is 6.23. The van der Waals surface area contributed by atoms with E-state index in [1.165, 1.54) is 35.9 Å². The largest absolute Gasteiger partial charge is 0.460 e. The van der Waals surface area contributed by atoms with Gasteiger partial charge in [0, 0.05) is 13.6 Å². The second-order valence-electron chi connectivity index (χ2n) is 8.07. The predicted octanol–water partition coefficient (Wildman–Crippen LogP) is 3.37. The highest BCUT2D eigenvalue weighted by Gasteiger charge is 2.48. The monoisotopic (exact) mass is 460 g/mol. The van der Waals surface area contributed by atoms with Gasteiger partial charge in [-0.25, -0.2) is 9.79 Å². The number of nitrogens with one attached hydrogen (secondary N) is 1. The van der Waals surface area contributed by atoms with Crippen LogP contribution in [0.5, 0.6) is 0 Å². The molecule has 0 saturated carbocycles. The third-order valence-electron chi connectivity index (χ3n) is 5.64. The molecule has 0 bridgehead atoms. The summed E-state index contributed by atoms with van der Waals surface area (Å²) < 4.78 is 5.36. The minimum atomic E-state index is -0.570. The van der Waals surface area contributed by atoms with Crippen LogP contribution in [0.4, 0.5) is 4.79 Å². The number of rotatable bonds is 11. The lowest BCUT2D eigenvalue weighted by Crippen LogP contribution is -2.63. The van der Waals surface area contributed by atoms with Crippen LogP contribution >= 0.6 is 11.8 Å². The zero-order chi connectivity index (χ0) is 22.9. The number of likely N-dealkylation sites (N-methyl/N-ethyl adjacent to an activating group) is 1. The van der Waals surface area contributed by atoms with Crippen LogP contribution < -0.4 is 5.32 Å². The van der Waals surface area contributed by atoms with Gasteiger partial charge in [0.25, 0.3) is 5.91 Å². The molecule has 2 atom stereocenters. The zero-order valence-corrected chi connectivity index (χ0v) is 19.6. The fourth-order valence-corrected chi connectivity index (χ4v) is 4.70. The van der Waals surface area contributed by atoms with E-state index in [1.807, 2.05) is 35.2 Å². The molecule has 1 aromatic carbocycles. The van der Waals surface area contributed by atoms with Crippen LogP contribution in [0.3, 0.4) is 0 Å². The molecule has 2 aliphatic heterocycles. The van der Waals surface area contributed by atoms with Crippen molar-refractivity contribution in [1.29, 1.82) is 0 Å². The molecule has 32 heavy (non-hydrogen) atoms. The molecule has 3 amide bonds. The van der Waals surface area contributed by atoms with E-state index in [0.29, 0.717) is 11.7 Å². The van der Waals surface area contributed by atoms with Gasteiger partial charge in [-0.2, -0.15) is 0 Å². The molecule has 1 saturated heterocycles. The number of ether oxygens (including phenoxy) is 1. The van der Waals surface area contributed by atoms with E-state index in [0.717, 1.165) is 24.8 Å². The SMILES string of the molecule is CCCCCCCCN1C(SCC(=O)OCc2ccccc2)=NC2C1C(=O)NC(=O)N2C. The third-order valence-corrected chi connectivity index (χ3v) is 6.62. The van der Waals surface area contributed by atoms with E-state index in [2.05, 4.69) is 17.2 Å². The van der Waals surface area contributed by atoms with E-state index in [4.69, 9.17) is 4.74 Å². The molecule has 2 unspecified atom stereocenters. The lowest BCUT2D eigenvalue weighted by molar-refractivity contribution is -0.141. The Hall–Kier alpha value is -2.55. The number of imide groups is 1. The number of nitrogens with zero attached hydrogens (tertiary/aromatic N) is 3. The molecule has 2 heterocycles. The first-order valence-corrected chi connectivity index (χ1v) is 12.2. The van der Waals surface area contributed by atoms with Gasteiger partial charge in [0.15, 0.2) is 17.4 Å². The third kappa shape index (κ3) is 6.25.